The topological polar surface area (TPSA) is 26.0 Å². The van der Waals surface area contributed by atoms with Crippen LogP contribution < -0.4 is 5.73 Å². The molecule has 0 aliphatic carbocycles. The molecule has 1 aromatic heterocycles. The number of hydrogen-bond donors (Lipinski definition) is 1. The smallest absolute Gasteiger partial charge is 0.0371 e. The van der Waals surface area contributed by atoms with E-state index in [1.807, 2.05) is 0 Å². The lowest BCUT2D eigenvalue weighted by Gasteiger charge is -2.10. The third kappa shape index (κ3) is 2.18. The lowest BCUT2D eigenvalue weighted by molar-refractivity contribution is 0.699. The van der Waals surface area contributed by atoms with Crippen LogP contribution >= 0.6 is 11.3 Å². The van der Waals surface area contributed by atoms with E-state index < -0.39 is 0 Å². The monoisotopic (exact) mass is 231 g/mol. The highest BCUT2D eigenvalue weighted by Gasteiger charge is 2.07. The van der Waals surface area contributed by atoms with Crippen LogP contribution in [0.1, 0.15) is 30.5 Å². The standard InChI is InChI=1S/C14H17NS/c1-3-13(15)11-5-4-6-12(9-11)14-10(2)7-8-16-14/h4-9,13H,3,15H2,1-2H3. The number of thiophene rings is 1. The summed E-state index contributed by atoms with van der Waals surface area (Å²) in [5.74, 6) is 0. The van der Waals surface area contributed by atoms with E-state index in [0.29, 0.717) is 0 Å². The molecule has 2 aromatic rings. The van der Waals surface area contributed by atoms with E-state index >= 15 is 0 Å². The predicted octanol–water partition coefficient (Wildman–Crippen LogP) is 4.13. The maximum absolute atomic E-state index is 6.06. The van der Waals surface area contributed by atoms with Crippen molar-refractivity contribution in [2.24, 2.45) is 5.73 Å². The molecule has 0 radical (unpaired) electrons. The summed E-state index contributed by atoms with van der Waals surface area (Å²) in [5.41, 5.74) is 9.91. The molecule has 2 rings (SSSR count). The van der Waals surface area contributed by atoms with E-state index in [9.17, 15) is 0 Å². The highest BCUT2D eigenvalue weighted by atomic mass is 32.1. The maximum Gasteiger partial charge on any atom is 0.0371 e. The quantitative estimate of drug-likeness (QED) is 0.844. The van der Waals surface area contributed by atoms with Gasteiger partial charge < -0.3 is 5.73 Å². The van der Waals surface area contributed by atoms with Crippen LogP contribution in [0.15, 0.2) is 35.7 Å². The first-order valence-corrected chi connectivity index (χ1v) is 6.50. The molecule has 1 aromatic carbocycles. The number of rotatable bonds is 3. The molecule has 0 spiro atoms. The van der Waals surface area contributed by atoms with Gasteiger partial charge >= 0.3 is 0 Å². The molecule has 0 fully saturated rings. The summed E-state index contributed by atoms with van der Waals surface area (Å²) in [6, 6.07) is 10.9. The highest BCUT2D eigenvalue weighted by molar-refractivity contribution is 7.13. The van der Waals surface area contributed by atoms with Crippen molar-refractivity contribution in [3.63, 3.8) is 0 Å². The Bertz CT molecular complexity index is 473. The Morgan fingerprint density at radius 2 is 2.12 bits per heavy atom. The van der Waals surface area contributed by atoms with E-state index in [2.05, 4.69) is 49.6 Å². The van der Waals surface area contributed by atoms with Crippen molar-refractivity contribution in [2.75, 3.05) is 0 Å². The van der Waals surface area contributed by atoms with Gasteiger partial charge in [0, 0.05) is 10.9 Å². The van der Waals surface area contributed by atoms with Crippen LogP contribution in [0.5, 0.6) is 0 Å². The van der Waals surface area contributed by atoms with Crippen LogP contribution in [-0.4, -0.2) is 0 Å². The van der Waals surface area contributed by atoms with Crippen molar-refractivity contribution in [1.82, 2.24) is 0 Å². The Kier molecular flexibility index (Phi) is 3.42. The van der Waals surface area contributed by atoms with Crippen LogP contribution in [0.2, 0.25) is 0 Å². The molecular weight excluding hydrogens is 214 g/mol. The largest absolute Gasteiger partial charge is 0.324 e. The van der Waals surface area contributed by atoms with Gasteiger partial charge in [-0.1, -0.05) is 25.1 Å². The molecule has 0 aliphatic heterocycles. The van der Waals surface area contributed by atoms with Crippen LogP contribution in [0.25, 0.3) is 10.4 Å². The van der Waals surface area contributed by atoms with Crippen molar-refractivity contribution in [2.45, 2.75) is 26.3 Å². The van der Waals surface area contributed by atoms with Crippen molar-refractivity contribution in [3.05, 3.63) is 46.8 Å². The van der Waals surface area contributed by atoms with Crippen LogP contribution in [0.4, 0.5) is 0 Å². The minimum atomic E-state index is 0.153. The van der Waals surface area contributed by atoms with E-state index in [-0.39, 0.29) is 6.04 Å². The number of nitrogens with two attached hydrogens (primary N) is 1. The van der Waals surface area contributed by atoms with Gasteiger partial charge in [-0.2, -0.15) is 0 Å². The zero-order valence-electron chi connectivity index (χ0n) is 9.73. The molecule has 1 unspecified atom stereocenters. The molecular formula is C14H17NS. The summed E-state index contributed by atoms with van der Waals surface area (Å²) >= 11 is 1.79. The molecule has 2 N–H and O–H groups in total. The van der Waals surface area contributed by atoms with Gasteiger partial charge in [0.05, 0.1) is 0 Å². The molecule has 0 amide bonds. The normalized spacial score (nSPS) is 12.7. The molecule has 16 heavy (non-hydrogen) atoms. The van der Waals surface area contributed by atoms with Crippen molar-refractivity contribution in [1.29, 1.82) is 0 Å². The molecule has 84 valence electrons. The Balaban J connectivity index is 2.40. The van der Waals surface area contributed by atoms with E-state index in [0.717, 1.165) is 6.42 Å². The van der Waals surface area contributed by atoms with Gasteiger partial charge in [0.1, 0.15) is 0 Å². The second-order valence-electron chi connectivity index (χ2n) is 4.07. The molecule has 2 heteroatoms. The van der Waals surface area contributed by atoms with Gasteiger partial charge in [-0.25, -0.2) is 0 Å². The van der Waals surface area contributed by atoms with Gasteiger partial charge in [-0.15, -0.1) is 11.3 Å². The summed E-state index contributed by atoms with van der Waals surface area (Å²) in [6.07, 6.45) is 0.979. The van der Waals surface area contributed by atoms with Gasteiger partial charge in [0.25, 0.3) is 0 Å². The first-order valence-electron chi connectivity index (χ1n) is 5.62. The zero-order chi connectivity index (χ0) is 11.5. The predicted molar refractivity (Wildman–Crippen MR) is 71.7 cm³/mol. The third-order valence-electron chi connectivity index (χ3n) is 2.88. The van der Waals surface area contributed by atoms with Crippen LogP contribution in [0.3, 0.4) is 0 Å². The number of aryl methyl sites for hydroxylation is 1. The van der Waals surface area contributed by atoms with Gasteiger partial charge in [0.15, 0.2) is 0 Å². The lowest BCUT2D eigenvalue weighted by Crippen LogP contribution is -2.08. The summed E-state index contributed by atoms with van der Waals surface area (Å²) in [5, 5.41) is 2.14. The molecule has 0 aliphatic rings. The van der Waals surface area contributed by atoms with E-state index in [1.165, 1.54) is 21.6 Å². The summed E-state index contributed by atoms with van der Waals surface area (Å²) in [6.45, 7) is 4.27. The lowest BCUT2D eigenvalue weighted by atomic mass is 10.0. The number of hydrogen-bond acceptors (Lipinski definition) is 2. The SMILES string of the molecule is CCC(N)c1cccc(-c2sccc2C)c1. The second-order valence-corrected chi connectivity index (χ2v) is 4.99. The molecule has 1 heterocycles. The molecule has 1 atom stereocenters. The maximum atomic E-state index is 6.06. The molecule has 0 saturated carbocycles. The fraction of sp³-hybridized carbons (Fsp3) is 0.286. The van der Waals surface area contributed by atoms with Gasteiger partial charge in [-0.05, 0) is 47.5 Å². The summed E-state index contributed by atoms with van der Waals surface area (Å²) in [4.78, 5) is 1.35. The minimum Gasteiger partial charge on any atom is -0.324 e. The summed E-state index contributed by atoms with van der Waals surface area (Å²) < 4.78 is 0. The summed E-state index contributed by atoms with van der Waals surface area (Å²) in [7, 11) is 0. The minimum absolute atomic E-state index is 0.153. The molecule has 1 nitrogen and oxygen atoms in total. The second kappa shape index (κ2) is 4.81. The van der Waals surface area contributed by atoms with Gasteiger partial charge in [-0.3, -0.25) is 0 Å². The average Bonchev–Trinajstić information content (AvgIpc) is 2.74. The fourth-order valence-corrected chi connectivity index (χ4v) is 2.74. The Morgan fingerprint density at radius 3 is 2.75 bits per heavy atom. The first kappa shape index (κ1) is 11.4. The third-order valence-corrected chi connectivity index (χ3v) is 3.94. The first-order chi connectivity index (χ1) is 7.72. The fourth-order valence-electron chi connectivity index (χ4n) is 1.81. The van der Waals surface area contributed by atoms with Crippen molar-refractivity contribution < 1.29 is 0 Å². The van der Waals surface area contributed by atoms with Crippen molar-refractivity contribution in [3.8, 4) is 10.4 Å². The van der Waals surface area contributed by atoms with Crippen LogP contribution in [-0.2, 0) is 0 Å². The molecule has 0 saturated heterocycles. The molecule has 0 bridgehead atoms. The Morgan fingerprint density at radius 1 is 1.31 bits per heavy atom. The highest BCUT2D eigenvalue weighted by Crippen LogP contribution is 2.30. The van der Waals surface area contributed by atoms with E-state index in [1.54, 1.807) is 11.3 Å². The Hall–Kier alpha value is -1.12. The van der Waals surface area contributed by atoms with E-state index in [4.69, 9.17) is 5.73 Å². The van der Waals surface area contributed by atoms with Crippen molar-refractivity contribution >= 4 is 11.3 Å². The average molecular weight is 231 g/mol. The number of benzene rings is 1. The van der Waals surface area contributed by atoms with Crippen LogP contribution in [0, 0.1) is 6.92 Å². The Labute approximate surface area is 101 Å². The zero-order valence-corrected chi connectivity index (χ0v) is 10.6. The van der Waals surface area contributed by atoms with Gasteiger partial charge in [0.2, 0.25) is 0 Å².